The summed E-state index contributed by atoms with van der Waals surface area (Å²) >= 11 is 1.05. The van der Waals surface area contributed by atoms with E-state index in [0.717, 1.165) is 11.8 Å². The van der Waals surface area contributed by atoms with Gasteiger partial charge in [0.05, 0.1) is 4.90 Å². The second-order valence-electron chi connectivity index (χ2n) is 3.63. The van der Waals surface area contributed by atoms with E-state index in [1.807, 2.05) is 0 Å². The van der Waals surface area contributed by atoms with Crippen molar-refractivity contribution in [2.75, 3.05) is 0 Å². The molecule has 0 aliphatic carbocycles. The monoisotopic (exact) mass is 288 g/mol. The molecular formula is C11H5NaO4S2-. The zero-order chi connectivity index (χ0) is 12.2. The summed E-state index contributed by atoms with van der Waals surface area (Å²) in [5, 5.41) is 0.777. The molecule has 0 N–H and O–H groups in total. The first kappa shape index (κ1) is 14.0. The van der Waals surface area contributed by atoms with Crippen molar-refractivity contribution in [3.05, 3.63) is 35.9 Å². The molecule has 0 spiro atoms. The molecule has 0 fully saturated rings. The van der Waals surface area contributed by atoms with Crippen LogP contribution in [0, 0.1) is 0 Å². The fourth-order valence-corrected chi connectivity index (χ4v) is 3.59. The molecule has 7 heteroatoms. The Labute approximate surface area is 130 Å². The van der Waals surface area contributed by atoms with Crippen molar-refractivity contribution in [2.45, 2.75) is 9.79 Å². The molecule has 0 unspecified atom stereocenters. The van der Waals surface area contributed by atoms with Crippen LogP contribution in [0.4, 0.5) is 0 Å². The molecule has 1 radical (unpaired) electrons. The van der Waals surface area contributed by atoms with Gasteiger partial charge in [-0.25, -0.2) is 8.42 Å². The fraction of sp³-hybridized carbons (Fsp3) is 0. The largest absolute Gasteiger partial charge is 0.744 e. The Morgan fingerprint density at radius 1 is 1.11 bits per heavy atom. The van der Waals surface area contributed by atoms with Crippen LogP contribution in [0.1, 0.15) is 10.4 Å². The molecule has 4 nitrogen and oxygen atoms in total. The Hall–Kier alpha value is -0.370. The van der Waals surface area contributed by atoms with Crippen molar-refractivity contribution < 1.29 is 17.8 Å². The molecule has 0 atom stereocenters. The minimum atomic E-state index is -4.52. The summed E-state index contributed by atoms with van der Waals surface area (Å²) in [4.78, 5) is 12.1. The first-order chi connectivity index (χ1) is 7.98. The SMILES string of the molecule is O=C1Sc2ccc(S(=O)(=O)[O-])c3cccc1c23.[Na]. The normalized spacial score (nSPS) is 13.7. The summed E-state index contributed by atoms with van der Waals surface area (Å²) in [6.45, 7) is 0. The van der Waals surface area contributed by atoms with E-state index in [1.54, 1.807) is 18.2 Å². The van der Waals surface area contributed by atoms with Crippen LogP contribution in [0.25, 0.3) is 10.8 Å². The van der Waals surface area contributed by atoms with Crippen LogP contribution in [0.5, 0.6) is 0 Å². The fourth-order valence-electron chi connectivity index (χ4n) is 1.98. The van der Waals surface area contributed by atoms with Gasteiger partial charge >= 0.3 is 0 Å². The Kier molecular flexibility index (Phi) is 3.61. The first-order valence-electron chi connectivity index (χ1n) is 4.72. The first-order valence-corrected chi connectivity index (χ1v) is 6.95. The molecule has 3 rings (SSSR count). The van der Waals surface area contributed by atoms with Crippen LogP contribution in [0.2, 0.25) is 0 Å². The van der Waals surface area contributed by atoms with Crippen molar-refractivity contribution in [1.82, 2.24) is 0 Å². The maximum atomic E-state index is 11.6. The van der Waals surface area contributed by atoms with Crippen molar-refractivity contribution in [1.29, 1.82) is 0 Å². The summed E-state index contributed by atoms with van der Waals surface area (Å²) in [7, 11) is -4.52. The smallest absolute Gasteiger partial charge is 0.224 e. The van der Waals surface area contributed by atoms with E-state index in [1.165, 1.54) is 12.1 Å². The third-order valence-corrected chi connectivity index (χ3v) is 4.51. The Bertz CT molecular complexity index is 768. The Balaban J connectivity index is 0.00000120. The van der Waals surface area contributed by atoms with Gasteiger partial charge in [-0.05, 0) is 30.0 Å². The van der Waals surface area contributed by atoms with Crippen LogP contribution in [-0.4, -0.2) is 47.6 Å². The molecule has 1 aliphatic heterocycles. The topological polar surface area (TPSA) is 74.3 Å². The van der Waals surface area contributed by atoms with Gasteiger partial charge in [0.1, 0.15) is 10.1 Å². The number of hydrogen-bond donors (Lipinski definition) is 0. The molecule has 0 saturated carbocycles. The van der Waals surface area contributed by atoms with Gasteiger partial charge < -0.3 is 4.55 Å². The van der Waals surface area contributed by atoms with Gasteiger partial charge in [-0.3, -0.25) is 4.79 Å². The molecule has 18 heavy (non-hydrogen) atoms. The summed E-state index contributed by atoms with van der Waals surface area (Å²) in [5.41, 5.74) is 0.466. The molecule has 0 bridgehead atoms. The molecule has 1 aliphatic rings. The Morgan fingerprint density at radius 3 is 2.50 bits per heavy atom. The summed E-state index contributed by atoms with van der Waals surface area (Å²) in [5.74, 6) is 0. The van der Waals surface area contributed by atoms with Crippen molar-refractivity contribution in [3.8, 4) is 0 Å². The number of rotatable bonds is 1. The van der Waals surface area contributed by atoms with E-state index >= 15 is 0 Å². The maximum absolute atomic E-state index is 11.6. The molecule has 87 valence electrons. The van der Waals surface area contributed by atoms with Crippen LogP contribution in [0.3, 0.4) is 0 Å². The summed E-state index contributed by atoms with van der Waals surface area (Å²) < 4.78 is 33.4. The van der Waals surface area contributed by atoms with Crippen LogP contribution in [-0.2, 0) is 10.1 Å². The molecular weight excluding hydrogens is 283 g/mol. The number of carbonyl (C=O) groups excluding carboxylic acids is 1. The minimum Gasteiger partial charge on any atom is -0.744 e. The molecule has 0 saturated heterocycles. The quantitative estimate of drug-likeness (QED) is 0.588. The third kappa shape index (κ3) is 2.03. The second-order valence-corrected chi connectivity index (χ2v) is 6.00. The maximum Gasteiger partial charge on any atom is 0.224 e. The van der Waals surface area contributed by atoms with E-state index < -0.39 is 10.1 Å². The second kappa shape index (κ2) is 4.63. The van der Waals surface area contributed by atoms with Gasteiger partial charge in [0.25, 0.3) is 0 Å². The zero-order valence-electron chi connectivity index (χ0n) is 9.34. The van der Waals surface area contributed by atoms with Gasteiger partial charge in [0.2, 0.25) is 5.12 Å². The van der Waals surface area contributed by atoms with E-state index in [-0.39, 0.29) is 39.6 Å². The third-order valence-electron chi connectivity index (χ3n) is 2.65. The van der Waals surface area contributed by atoms with Gasteiger partial charge in [0.15, 0.2) is 0 Å². The predicted molar refractivity (Wildman–Crippen MR) is 67.9 cm³/mol. The summed E-state index contributed by atoms with van der Waals surface area (Å²) in [6, 6.07) is 7.53. The molecule has 2 aromatic rings. The average molecular weight is 288 g/mol. The number of benzene rings is 2. The standard InChI is InChI=1S/C11H6O4S2.Na/c12-11-7-3-1-2-6-9(17(13,14)15)5-4-8(16-11)10(6)7;/h1-5H,(H,13,14,15);/p-1. The average Bonchev–Trinajstić information content (AvgIpc) is 2.57. The minimum absolute atomic E-state index is 0. The van der Waals surface area contributed by atoms with Gasteiger partial charge in [0, 0.05) is 50.8 Å². The van der Waals surface area contributed by atoms with Crippen LogP contribution in [0.15, 0.2) is 40.1 Å². The summed E-state index contributed by atoms with van der Waals surface area (Å²) in [6.07, 6.45) is 0. The molecule has 1 heterocycles. The van der Waals surface area contributed by atoms with E-state index in [2.05, 4.69) is 0 Å². The number of thioether (sulfide) groups is 1. The molecule has 0 aromatic heterocycles. The van der Waals surface area contributed by atoms with Crippen LogP contribution >= 0.6 is 11.8 Å². The van der Waals surface area contributed by atoms with E-state index in [0.29, 0.717) is 21.2 Å². The van der Waals surface area contributed by atoms with Crippen molar-refractivity contribution in [2.24, 2.45) is 0 Å². The van der Waals surface area contributed by atoms with Crippen molar-refractivity contribution in [3.63, 3.8) is 0 Å². The van der Waals surface area contributed by atoms with E-state index in [4.69, 9.17) is 0 Å². The Morgan fingerprint density at radius 2 is 1.83 bits per heavy atom. The van der Waals surface area contributed by atoms with Crippen LogP contribution < -0.4 is 0 Å². The van der Waals surface area contributed by atoms with Gasteiger partial charge in [-0.1, -0.05) is 12.1 Å². The van der Waals surface area contributed by atoms with E-state index in [9.17, 15) is 17.8 Å². The predicted octanol–water partition coefficient (Wildman–Crippen LogP) is 1.61. The number of carbonyl (C=O) groups is 1. The number of hydrogen-bond acceptors (Lipinski definition) is 5. The van der Waals surface area contributed by atoms with Gasteiger partial charge in [-0.15, -0.1) is 0 Å². The zero-order valence-corrected chi connectivity index (χ0v) is 13.0. The molecule has 2 aromatic carbocycles. The molecule has 0 amide bonds. The van der Waals surface area contributed by atoms with Crippen molar-refractivity contribution >= 4 is 67.3 Å². The van der Waals surface area contributed by atoms with Gasteiger partial charge in [-0.2, -0.15) is 0 Å².